The topological polar surface area (TPSA) is 58.6 Å². The lowest BCUT2D eigenvalue weighted by Crippen LogP contribution is -2.50. The third kappa shape index (κ3) is 2.71. The first-order chi connectivity index (χ1) is 8.18. The lowest BCUT2D eigenvalue weighted by molar-refractivity contribution is -0.141. The molecule has 1 aromatic rings. The van der Waals surface area contributed by atoms with Gasteiger partial charge >= 0.3 is 0 Å². The summed E-state index contributed by atoms with van der Waals surface area (Å²) < 4.78 is 5.46. The fourth-order valence-electron chi connectivity index (χ4n) is 1.72. The predicted molar refractivity (Wildman–Crippen MR) is 62.7 cm³/mol. The molecule has 1 aliphatic heterocycles. The van der Waals surface area contributed by atoms with E-state index in [1.165, 1.54) is 0 Å². The number of hydrogen-bond acceptors (Lipinski definition) is 5. The van der Waals surface area contributed by atoms with Crippen LogP contribution in [0.1, 0.15) is 0 Å². The van der Waals surface area contributed by atoms with Crippen LogP contribution in [0.4, 0.5) is 5.95 Å². The van der Waals surface area contributed by atoms with Crippen LogP contribution in [-0.4, -0.2) is 60.7 Å². The molecule has 17 heavy (non-hydrogen) atoms. The highest BCUT2D eigenvalue weighted by Crippen LogP contribution is 2.12. The van der Waals surface area contributed by atoms with Gasteiger partial charge in [-0.15, -0.1) is 0 Å². The number of ether oxygens (including phenoxy) is 1. The predicted octanol–water partition coefficient (Wildman–Crippen LogP) is -0.230. The Kier molecular flexibility index (Phi) is 3.53. The maximum absolute atomic E-state index is 11.8. The summed E-state index contributed by atoms with van der Waals surface area (Å²) in [5, 5.41) is 0. The number of carbonyl (C=O) groups is 1. The van der Waals surface area contributed by atoms with Crippen LogP contribution in [0.15, 0.2) is 18.5 Å². The molecule has 6 nitrogen and oxygen atoms in total. The van der Waals surface area contributed by atoms with Gasteiger partial charge in [0, 0.05) is 33.0 Å². The van der Waals surface area contributed by atoms with E-state index in [-0.39, 0.29) is 5.91 Å². The largest absolute Gasteiger partial charge is 0.365 e. The third-order valence-corrected chi connectivity index (χ3v) is 2.62. The van der Waals surface area contributed by atoms with E-state index in [1.54, 1.807) is 37.5 Å². The summed E-state index contributed by atoms with van der Waals surface area (Å²) >= 11 is 0. The lowest BCUT2D eigenvalue weighted by atomic mass is 10.2. The normalized spacial score (nSPS) is 20.1. The van der Waals surface area contributed by atoms with E-state index in [2.05, 4.69) is 9.97 Å². The van der Waals surface area contributed by atoms with Gasteiger partial charge in [-0.25, -0.2) is 9.97 Å². The van der Waals surface area contributed by atoms with Crippen molar-refractivity contribution in [2.75, 3.05) is 38.7 Å². The van der Waals surface area contributed by atoms with Crippen LogP contribution < -0.4 is 4.90 Å². The summed E-state index contributed by atoms with van der Waals surface area (Å²) in [7, 11) is 3.45. The van der Waals surface area contributed by atoms with E-state index in [9.17, 15) is 4.79 Å². The zero-order valence-electron chi connectivity index (χ0n) is 10.0. The second-order valence-electron chi connectivity index (χ2n) is 4.09. The van der Waals surface area contributed by atoms with E-state index in [4.69, 9.17) is 4.74 Å². The maximum atomic E-state index is 11.8. The molecule has 1 fully saturated rings. The average molecular weight is 236 g/mol. The Hall–Kier alpha value is -1.69. The number of morpholine rings is 1. The fraction of sp³-hybridized carbons (Fsp3) is 0.545. The molecule has 92 valence electrons. The number of aromatic nitrogens is 2. The molecule has 2 rings (SSSR count). The Morgan fingerprint density at radius 2 is 2.18 bits per heavy atom. The second kappa shape index (κ2) is 5.09. The molecule has 1 amide bonds. The molecular weight excluding hydrogens is 220 g/mol. The highest BCUT2D eigenvalue weighted by molar-refractivity contribution is 5.81. The SMILES string of the molecule is CN(C)C(=O)C1CN(c2ncccn2)CCO1. The molecule has 1 aromatic heterocycles. The van der Waals surface area contributed by atoms with Gasteiger partial charge in [-0.1, -0.05) is 0 Å². The van der Waals surface area contributed by atoms with Gasteiger partial charge in [0.05, 0.1) is 13.2 Å². The van der Waals surface area contributed by atoms with Crippen molar-refractivity contribution in [3.63, 3.8) is 0 Å². The van der Waals surface area contributed by atoms with Crippen LogP contribution in [0.2, 0.25) is 0 Å². The van der Waals surface area contributed by atoms with Crippen LogP contribution in [-0.2, 0) is 9.53 Å². The molecular formula is C11H16N4O2. The zero-order valence-corrected chi connectivity index (χ0v) is 10.0. The van der Waals surface area contributed by atoms with Gasteiger partial charge in [0.25, 0.3) is 5.91 Å². The first kappa shape index (κ1) is 11.8. The summed E-state index contributed by atoms with van der Waals surface area (Å²) in [6, 6.07) is 1.77. The summed E-state index contributed by atoms with van der Waals surface area (Å²) in [5.74, 6) is 0.623. The highest BCUT2D eigenvalue weighted by Gasteiger charge is 2.28. The van der Waals surface area contributed by atoms with E-state index in [1.807, 2.05) is 4.90 Å². The fourth-order valence-corrected chi connectivity index (χ4v) is 1.72. The first-order valence-electron chi connectivity index (χ1n) is 5.53. The molecule has 2 heterocycles. The number of hydrogen-bond donors (Lipinski definition) is 0. The number of likely N-dealkylation sites (N-methyl/N-ethyl adjacent to an activating group) is 1. The molecule has 0 aliphatic carbocycles. The van der Waals surface area contributed by atoms with E-state index >= 15 is 0 Å². The van der Waals surface area contributed by atoms with Gasteiger partial charge in [-0.05, 0) is 6.07 Å². The van der Waals surface area contributed by atoms with E-state index in [0.717, 1.165) is 0 Å². The van der Waals surface area contributed by atoms with Gasteiger partial charge in [0.15, 0.2) is 6.10 Å². The summed E-state index contributed by atoms with van der Waals surface area (Å²) in [5.41, 5.74) is 0. The second-order valence-corrected chi connectivity index (χ2v) is 4.09. The summed E-state index contributed by atoms with van der Waals surface area (Å²) in [6.07, 6.45) is 2.96. The molecule has 1 saturated heterocycles. The van der Waals surface area contributed by atoms with Crippen LogP contribution in [0, 0.1) is 0 Å². The van der Waals surface area contributed by atoms with Crippen molar-refractivity contribution in [2.45, 2.75) is 6.10 Å². The third-order valence-electron chi connectivity index (χ3n) is 2.62. The number of amides is 1. The number of rotatable bonds is 2. The Morgan fingerprint density at radius 1 is 1.47 bits per heavy atom. The molecule has 1 unspecified atom stereocenters. The minimum Gasteiger partial charge on any atom is -0.365 e. The van der Waals surface area contributed by atoms with Crippen molar-refractivity contribution < 1.29 is 9.53 Å². The minimum absolute atomic E-state index is 0.0226. The van der Waals surface area contributed by atoms with Gasteiger partial charge < -0.3 is 14.5 Å². The monoisotopic (exact) mass is 236 g/mol. The van der Waals surface area contributed by atoms with Crippen molar-refractivity contribution in [2.24, 2.45) is 0 Å². The highest BCUT2D eigenvalue weighted by atomic mass is 16.5. The maximum Gasteiger partial charge on any atom is 0.253 e. The van der Waals surface area contributed by atoms with Crippen molar-refractivity contribution in [1.82, 2.24) is 14.9 Å². The molecule has 1 atom stereocenters. The van der Waals surface area contributed by atoms with Crippen LogP contribution in [0.25, 0.3) is 0 Å². The van der Waals surface area contributed by atoms with E-state index in [0.29, 0.717) is 25.6 Å². The zero-order chi connectivity index (χ0) is 12.3. The molecule has 0 N–H and O–H groups in total. The molecule has 1 aliphatic rings. The summed E-state index contributed by atoms with van der Waals surface area (Å²) in [4.78, 5) is 23.7. The molecule has 0 radical (unpaired) electrons. The number of carbonyl (C=O) groups excluding carboxylic acids is 1. The van der Waals surface area contributed by atoms with Gasteiger partial charge in [-0.3, -0.25) is 4.79 Å². The van der Waals surface area contributed by atoms with Gasteiger partial charge in [0.2, 0.25) is 5.95 Å². The van der Waals surface area contributed by atoms with E-state index < -0.39 is 6.10 Å². The molecule has 0 saturated carbocycles. The number of nitrogens with zero attached hydrogens (tertiary/aromatic N) is 4. The molecule has 6 heteroatoms. The standard InChI is InChI=1S/C11H16N4O2/c1-14(2)10(16)9-8-15(6-7-17-9)11-12-4-3-5-13-11/h3-5,9H,6-8H2,1-2H3. The van der Waals surface area contributed by atoms with Crippen LogP contribution >= 0.6 is 0 Å². The van der Waals surface area contributed by atoms with Crippen LogP contribution in [0.3, 0.4) is 0 Å². The lowest BCUT2D eigenvalue weighted by Gasteiger charge is -2.33. The van der Waals surface area contributed by atoms with Crippen molar-refractivity contribution >= 4 is 11.9 Å². The Morgan fingerprint density at radius 3 is 2.82 bits per heavy atom. The van der Waals surface area contributed by atoms with Crippen LogP contribution in [0.5, 0.6) is 0 Å². The average Bonchev–Trinajstić information content (AvgIpc) is 2.39. The smallest absolute Gasteiger partial charge is 0.253 e. The molecule has 0 aromatic carbocycles. The van der Waals surface area contributed by atoms with Gasteiger partial charge in [0.1, 0.15) is 0 Å². The minimum atomic E-state index is -0.428. The van der Waals surface area contributed by atoms with Gasteiger partial charge in [-0.2, -0.15) is 0 Å². The van der Waals surface area contributed by atoms with Crippen molar-refractivity contribution in [3.8, 4) is 0 Å². The first-order valence-corrected chi connectivity index (χ1v) is 5.53. The molecule has 0 bridgehead atoms. The van der Waals surface area contributed by atoms with Crippen molar-refractivity contribution in [1.29, 1.82) is 0 Å². The van der Waals surface area contributed by atoms with Crippen molar-refractivity contribution in [3.05, 3.63) is 18.5 Å². The Bertz CT molecular complexity index is 382. The summed E-state index contributed by atoms with van der Waals surface area (Å²) in [6.45, 7) is 1.73. The quantitative estimate of drug-likeness (QED) is 0.710. The number of anilines is 1. The Labute approximate surface area is 100 Å². The molecule has 0 spiro atoms. The Balaban J connectivity index is 2.05.